The summed E-state index contributed by atoms with van der Waals surface area (Å²) in [6.45, 7) is 2.66. The molecule has 5 rings (SSSR count). The molecule has 0 saturated carbocycles. The molecule has 2 aromatic heterocycles. The molecule has 0 fully saturated rings. The van der Waals surface area contributed by atoms with Crippen LogP contribution >= 0.6 is 11.5 Å². The first kappa shape index (κ1) is 25.8. The van der Waals surface area contributed by atoms with Crippen LogP contribution in [0, 0.1) is 6.92 Å². The molecule has 4 aromatic rings. The van der Waals surface area contributed by atoms with Crippen LogP contribution in [0.15, 0.2) is 65.1 Å². The maximum Gasteiger partial charge on any atom is 0.273 e. The van der Waals surface area contributed by atoms with Gasteiger partial charge in [0.25, 0.3) is 17.7 Å². The normalized spacial score (nSPS) is 12.9. The van der Waals surface area contributed by atoms with Crippen LogP contribution in [0.25, 0.3) is 0 Å². The van der Waals surface area contributed by atoms with Crippen molar-refractivity contribution in [3.8, 4) is 11.5 Å². The van der Waals surface area contributed by atoms with E-state index in [4.69, 9.17) is 25.4 Å². The minimum atomic E-state index is -1.25. The van der Waals surface area contributed by atoms with Gasteiger partial charge in [-0.25, -0.2) is 0 Å². The highest BCUT2D eigenvalue weighted by molar-refractivity contribution is 7.09. The summed E-state index contributed by atoms with van der Waals surface area (Å²) < 4.78 is 21.2. The first-order valence-electron chi connectivity index (χ1n) is 12.0. The van der Waals surface area contributed by atoms with Crippen LogP contribution in [0.1, 0.15) is 43.3 Å². The zero-order valence-electron chi connectivity index (χ0n) is 20.9. The number of aryl methyl sites for hydroxylation is 1. The molecule has 0 spiro atoms. The van der Waals surface area contributed by atoms with Gasteiger partial charge in [-0.1, -0.05) is 30.3 Å². The third-order valence-corrected chi connectivity index (χ3v) is 6.88. The lowest BCUT2D eigenvalue weighted by Gasteiger charge is -2.30. The smallest absolute Gasteiger partial charge is 0.273 e. The Kier molecular flexibility index (Phi) is 7.19. The Bertz CT molecular complexity index is 1530. The summed E-state index contributed by atoms with van der Waals surface area (Å²) in [6.07, 6.45) is 0. The van der Waals surface area contributed by atoms with Crippen LogP contribution in [0.5, 0.6) is 11.5 Å². The molecule has 3 heterocycles. The van der Waals surface area contributed by atoms with Crippen LogP contribution in [-0.2, 0) is 11.3 Å². The van der Waals surface area contributed by atoms with Gasteiger partial charge in [0.05, 0.1) is 5.69 Å². The maximum atomic E-state index is 14.1. The van der Waals surface area contributed by atoms with Crippen molar-refractivity contribution in [1.82, 2.24) is 9.69 Å². The Balaban J connectivity index is 1.61. The lowest BCUT2D eigenvalue weighted by Crippen LogP contribution is -2.43. The number of rotatable bonds is 8. The van der Waals surface area contributed by atoms with Crippen molar-refractivity contribution >= 4 is 40.6 Å². The van der Waals surface area contributed by atoms with E-state index in [1.165, 1.54) is 4.90 Å². The minimum absolute atomic E-state index is 0.0529. The molecule has 3 amide bonds. The number of carbonyl (C=O) groups excluding carboxylic acids is 3. The molecule has 11 nitrogen and oxygen atoms in total. The molecular formula is C27H25N5O6S. The van der Waals surface area contributed by atoms with Gasteiger partial charge >= 0.3 is 0 Å². The van der Waals surface area contributed by atoms with Gasteiger partial charge in [-0.05, 0) is 48.3 Å². The number of fused-ring (bicyclic) bond motifs is 1. The maximum absolute atomic E-state index is 14.1. The van der Waals surface area contributed by atoms with Crippen molar-refractivity contribution < 1.29 is 28.3 Å². The van der Waals surface area contributed by atoms with Crippen LogP contribution in [0.4, 0.5) is 11.4 Å². The van der Waals surface area contributed by atoms with Gasteiger partial charge in [0.1, 0.15) is 29.6 Å². The molecule has 5 N–H and O–H groups in total. The number of benzene rings is 2. The molecule has 0 bridgehead atoms. The molecule has 0 saturated heterocycles. The molecule has 1 aliphatic rings. The second-order valence-electron chi connectivity index (χ2n) is 8.70. The highest BCUT2D eigenvalue weighted by Crippen LogP contribution is 2.39. The molecule has 0 unspecified atom stereocenters. The standard InChI is InChI=1S/C27H25N5O6S/c1-15-7-9-19(38-15)23(26(34)30-14-16-5-3-2-4-6-16)32(17-8-10-18-20(13-17)37-12-11-36-18)27(35)24-21(28)22(25(29)33)31-39-24/h2-10,13,23H,11-12,14,28H2,1H3,(H2,29,33)(H,30,34)/t23-/m1/s1. The van der Waals surface area contributed by atoms with Crippen molar-refractivity contribution in [3.63, 3.8) is 0 Å². The summed E-state index contributed by atoms with van der Waals surface area (Å²) in [5.74, 6) is -0.367. The molecule has 1 aliphatic heterocycles. The van der Waals surface area contributed by atoms with Crippen molar-refractivity contribution in [2.75, 3.05) is 23.8 Å². The first-order valence-corrected chi connectivity index (χ1v) is 12.8. The van der Waals surface area contributed by atoms with Crippen LogP contribution in [0.2, 0.25) is 0 Å². The van der Waals surface area contributed by atoms with Gasteiger partial charge in [-0.3, -0.25) is 19.3 Å². The van der Waals surface area contributed by atoms with Crippen molar-refractivity contribution in [2.24, 2.45) is 5.73 Å². The molecule has 200 valence electrons. The Labute approximate surface area is 227 Å². The lowest BCUT2D eigenvalue weighted by atomic mass is 10.1. The number of nitrogens with one attached hydrogen (secondary N) is 1. The van der Waals surface area contributed by atoms with E-state index in [9.17, 15) is 14.4 Å². The van der Waals surface area contributed by atoms with E-state index in [0.29, 0.717) is 36.2 Å². The SMILES string of the molecule is Cc1ccc([C@H](C(=O)NCc2ccccc2)N(C(=O)c2snc(C(N)=O)c2N)c2ccc3c(c2)OCCO3)o1. The largest absolute Gasteiger partial charge is 0.486 e. The Morgan fingerprint density at radius 3 is 2.46 bits per heavy atom. The van der Waals surface area contributed by atoms with Gasteiger partial charge in [-0.15, -0.1) is 0 Å². The number of carbonyl (C=O) groups is 3. The van der Waals surface area contributed by atoms with E-state index in [2.05, 4.69) is 9.69 Å². The van der Waals surface area contributed by atoms with E-state index in [1.54, 1.807) is 37.3 Å². The summed E-state index contributed by atoms with van der Waals surface area (Å²) in [5, 5.41) is 2.90. The molecule has 1 atom stereocenters. The molecule has 12 heteroatoms. The van der Waals surface area contributed by atoms with Gasteiger partial charge in [0, 0.05) is 18.3 Å². The molecule has 0 radical (unpaired) electrons. The van der Waals surface area contributed by atoms with Crippen LogP contribution in [0.3, 0.4) is 0 Å². The van der Waals surface area contributed by atoms with Gasteiger partial charge in [0.2, 0.25) is 0 Å². The Hall–Kier alpha value is -4.84. The van der Waals surface area contributed by atoms with Crippen LogP contribution < -0.4 is 31.2 Å². The molecular weight excluding hydrogens is 522 g/mol. The van der Waals surface area contributed by atoms with Crippen molar-refractivity contribution in [1.29, 1.82) is 0 Å². The number of amides is 3. The third-order valence-electron chi connectivity index (χ3n) is 6.03. The Morgan fingerprint density at radius 2 is 1.79 bits per heavy atom. The summed E-state index contributed by atoms with van der Waals surface area (Å²) >= 11 is 0.719. The summed E-state index contributed by atoms with van der Waals surface area (Å²) in [5.41, 5.74) is 12.3. The van der Waals surface area contributed by atoms with Crippen LogP contribution in [-0.4, -0.2) is 35.3 Å². The highest BCUT2D eigenvalue weighted by atomic mass is 32.1. The van der Waals surface area contributed by atoms with Gasteiger partial charge in [0.15, 0.2) is 23.2 Å². The predicted octanol–water partition coefficient (Wildman–Crippen LogP) is 3.20. The quantitative estimate of drug-likeness (QED) is 0.303. The van der Waals surface area contributed by atoms with E-state index in [0.717, 1.165) is 17.1 Å². The number of hydrogen-bond donors (Lipinski definition) is 3. The fraction of sp³-hybridized carbons (Fsp3) is 0.185. The summed E-state index contributed by atoms with van der Waals surface area (Å²) in [6, 6.07) is 16.3. The Morgan fingerprint density at radius 1 is 1.05 bits per heavy atom. The van der Waals surface area contributed by atoms with Crippen molar-refractivity contribution in [2.45, 2.75) is 19.5 Å². The molecule has 2 aromatic carbocycles. The lowest BCUT2D eigenvalue weighted by molar-refractivity contribution is -0.123. The number of ether oxygens (including phenoxy) is 2. The second kappa shape index (κ2) is 10.9. The number of nitrogen functional groups attached to an aromatic ring is 1. The zero-order valence-corrected chi connectivity index (χ0v) is 21.7. The summed E-state index contributed by atoms with van der Waals surface area (Å²) in [7, 11) is 0. The van der Waals surface area contributed by atoms with E-state index in [1.807, 2.05) is 30.3 Å². The average Bonchev–Trinajstić information content (AvgIpc) is 3.55. The number of anilines is 2. The highest BCUT2D eigenvalue weighted by Gasteiger charge is 2.38. The average molecular weight is 548 g/mol. The summed E-state index contributed by atoms with van der Waals surface area (Å²) in [4.78, 5) is 41.0. The molecule has 39 heavy (non-hydrogen) atoms. The number of aromatic nitrogens is 1. The second-order valence-corrected chi connectivity index (χ2v) is 9.47. The predicted molar refractivity (Wildman–Crippen MR) is 144 cm³/mol. The third kappa shape index (κ3) is 5.27. The number of hydrogen-bond acceptors (Lipinski definition) is 9. The number of nitrogens with zero attached hydrogens (tertiary/aromatic N) is 2. The van der Waals surface area contributed by atoms with Gasteiger partial charge in [-0.2, -0.15) is 4.37 Å². The monoisotopic (exact) mass is 547 g/mol. The first-order chi connectivity index (χ1) is 18.8. The fourth-order valence-corrected chi connectivity index (χ4v) is 4.90. The topological polar surface area (TPSA) is 163 Å². The minimum Gasteiger partial charge on any atom is -0.486 e. The van der Waals surface area contributed by atoms with Gasteiger partial charge < -0.3 is 30.7 Å². The zero-order chi connectivity index (χ0) is 27.5. The number of nitrogens with two attached hydrogens (primary N) is 2. The fourth-order valence-electron chi connectivity index (χ4n) is 4.16. The molecule has 0 aliphatic carbocycles. The van der Waals surface area contributed by atoms with E-state index in [-0.39, 0.29) is 28.6 Å². The van der Waals surface area contributed by atoms with E-state index >= 15 is 0 Å². The van der Waals surface area contributed by atoms with E-state index < -0.39 is 23.8 Å². The number of furan rings is 1. The number of primary amides is 1. The van der Waals surface area contributed by atoms with Crippen molar-refractivity contribution in [3.05, 3.63) is 88.3 Å².